The lowest BCUT2D eigenvalue weighted by Gasteiger charge is -2.10. The Kier molecular flexibility index (Phi) is 4.29. The Hall–Kier alpha value is -3.88. The summed E-state index contributed by atoms with van der Waals surface area (Å²) < 4.78 is 0.982. The lowest BCUT2D eigenvalue weighted by Crippen LogP contribution is -2.34. The zero-order valence-corrected chi connectivity index (χ0v) is 12.8. The van der Waals surface area contributed by atoms with Crippen molar-refractivity contribution < 1.29 is 4.92 Å². The average Bonchev–Trinajstić information content (AvgIpc) is 2.60. The van der Waals surface area contributed by atoms with E-state index in [0.717, 1.165) is 4.57 Å². The van der Waals surface area contributed by atoms with E-state index in [9.17, 15) is 19.7 Å². The monoisotopic (exact) mass is 339 g/mol. The molecule has 0 spiro atoms. The van der Waals surface area contributed by atoms with E-state index in [-0.39, 0.29) is 17.2 Å². The van der Waals surface area contributed by atoms with Crippen LogP contribution in [0.1, 0.15) is 0 Å². The summed E-state index contributed by atoms with van der Waals surface area (Å²) in [6.45, 7) is 0. The van der Waals surface area contributed by atoms with Gasteiger partial charge in [-0.25, -0.2) is 9.36 Å². The van der Waals surface area contributed by atoms with Crippen LogP contribution in [0.2, 0.25) is 0 Å². The minimum absolute atomic E-state index is 0.0836. The van der Waals surface area contributed by atoms with Gasteiger partial charge in [0.15, 0.2) is 0 Å². The summed E-state index contributed by atoms with van der Waals surface area (Å²) in [5, 5.41) is 11.0. The molecule has 126 valence electrons. The van der Waals surface area contributed by atoms with E-state index in [0.29, 0.717) is 5.69 Å². The van der Waals surface area contributed by atoms with Crippen molar-refractivity contribution in [1.82, 2.24) is 9.55 Å². The fourth-order valence-electron chi connectivity index (χ4n) is 2.26. The van der Waals surface area contributed by atoms with Crippen LogP contribution in [0.4, 0.5) is 17.2 Å². The summed E-state index contributed by atoms with van der Waals surface area (Å²) in [4.78, 5) is 37.3. The van der Waals surface area contributed by atoms with Gasteiger partial charge in [-0.15, -0.1) is 0 Å². The minimum atomic E-state index is -0.634. The number of hydrogen-bond acceptors (Lipinski definition) is 6. The summed E-state index contributed by atoms with van der Waals surface area (Å²) in [5.41, 5.74) is 4.52. The Balaban J connectivity index is 1.88. The van der Waals surface area contributed by atoms with Gasteiger partial charge in [-0.3, -0.25) is 30.7 Å². The van der Waals surface area contributed by atoms with Gasteiger partial charge in [0.25, 0.3) is 11.2 Å². The van der Waals surface area contributed by atoms with Crippen molar-refractivity contribution in [2.75, 3.05) is 10.9 Å². The van der Waals surface area contributed by atoms with Crippen LogP contribution in [0.5, 0.6) is 0 Å². The second kappa shape index (κ2) is 6.71. The topological polar surface area (TPSA) is 122 Å². The molecule has 1 aromatic heterocycles. The molecule has 9 nitrogen and oxygen atoms in total. The van der Waals surface area contributed by atoms with Gasteiger partial charge in [-0.1, -0.05) is 30.3 Å². The third-order valence-electron chi connectivity index (χ3n) is 3.38. The number of nitrogens with one attached hydrogen (secondary N) is 3. The van der Waals surface area contributed by atoms with E-state index in [4.69, 9.17) is 0 Å². The molecule has 0 saturated heterocycles. The smallest absolute Gasteiger partial charge is 0.293 e. The molecule has 0 atom stereocenters. The van der Waals surface area contributed by atoms with E-state index in [1.807, 2.05) is 0 Å². The lowest BCUT2D eigenvalue weighted by molar-refractivity contribution is -0.383. The maximum absolute atomic E-state index is 12.2. The molecule has 0 aliphatic heterocycles. The molecular weight excluding hydrogens is 326 g/mol. The van der Waals surface area contributed by atoms with Crippen molar-refractivity contribution in [2.45, 2.75) is 0 Å². The summed E-state index contributed by atoms with van der Waals surface area (Å²) >= 11 is 0. The van der Waals surface area contributed by atoms with E-state index < -0.39 is 16.2 Å². The molecule has 0 aliphatic carbocycles. The zero-order chi connectivity index (χ0) is 17.8. The standard InChI is InChI=1S/C16H13N5O4/c22-15-10-14(17-16(23)20(15)11-6-2-1-3-7-11)19-18-12-8-4-5-9-13(12)21(24)25/h1-10,18-19H,(H,17,23). The zero-order valence-electron chi connectivity index (χ0n) is 12.8. The van der Waals surface area contributed by atoms with Crippen LogP contribution in [0.15, 0.2) is 70.3 Å². The number of aromatic nitrogens is 2. The highest BCUT2D eigenvalue weighted by Crippen LogP contribution is 2.22. The number of hydrazine groups is 1. The molecular formula is C16H13N5O4. The normalized spacial score (nSPS) is 10.2. The summed E-state index contributed by atoms with van der Waals surface area (Å²) in [7, 11) is 0. The van der Waals surface area contributed by atoms with Crippen molar-refractivity contribution >= 4 is 17.2 Å². The Morgan fingerprint density at radius 1 is 0.960 bits per heavy atom. The third-order valence-corrected chi connectivity index (χ3v) is 3.38. The summed E-state index contributed by atoms with van der Waals surface area (Å²) in [5.74, 6) is 0.0836. The fourth-order valence-corrected chi connectivity index (χ4v) is 2.26. The van der Waals surface area contributed by atoms with Crippen molar-refractivity contribution in [3.8, 4) is 5.69 Å². The van der Waals surface area contributed by atoms with E-state index in [1.54, 1.807) is 36.4 Å². The highest BCUT2D eigenvalue weighted by molar-refractivity contribution is 5.63. The van der Waals surface area contributed by atoms with E-state index in [1.165, 1.54) is 24.3 Å². The van der Waals surface area contributed by atoms with Gasteiger partial charge in [-0.2, -0.15) is 0 Å². The van der Waals surface area contributed by atoms with Crippen LogP contribution < -0.4 is 22.1 Å². The van der Waals surface area contributed by atoms with Gasteiger partial charge in [0.2, 0.25) is 0 Å². The van der Waals surface area contributed by atoms with Crippen molar-refractivity contribution in [1.29, 1.82) is 0 Å². The van der Waals surface area contributed by atoms with Crippen LogP contribution >= 0.6 is 0 Å². The number of rotatable bonds is 5. The number of hydrogen-bond donors (Lipinski definition) is 3. The first-order chi connectivity index (χ1) is 12.1. The maximum Gasteiger partial charge on any atom is 0.334 e. The first-order valence-corrected chi connectivity index (χ1v) is 7.23. The number of para-hydroxylation sites is 3. The van der Waals surface area contributed by atoms with Crippen LogP contribution in [-0.2, 0) is 0 Å². The van der Waals surface area contributed by atoms with Crippen molar-refractivity contribution in [2.24, 2.45) is 0 Å². The third kappa shape index (κ3) is 3.39. The first kappa shape index (κ1) is 16.0. The molecule has 0 bridgehead atoms. The quantitative estimate of drug-likeness (QED) is 0.482. The molecule has 2 aromatic carbocycles. The van der Waals surface area contributed by atoms with Crippen LogP contribution in [0.25, 0.3) is 5.69 Å². The van der Waals surface area contributed by atoms with Gasteiger partial charge in [0.05, 0.1) is 10.6 Å². The van der Waals surface area contributed by atoms with Crippen molar-refractivity contribution in [3.63, 3.8) is 0 Å². The molecule has 0 radical (unpaired) electrons. The molecule has 0 fully saturated rings. The van der Waals surface area contributed by atoms with E-state index in [2.05, 4.69) is 15.8 Å². The maximum atomic E-state index is 12.2. The Labute approximate surface area is 140 Å². The second-order valence-electron chi connectivity index (χ2n) is 5.02. The number of anilines is 2. The van der Waals surface area contributed by atoms with Gasteiger partial charge >= 0.3 is 5.69 Å². The number of nitro groups is 1. The molecule has 0 aliphatic rings. The lowest BCUT2D eigenvalue weighted by atomic mass is 10.3. The number of nitro benzene ring substituents is 1. The van der Waals surface area contributed by atoms with Crippen LogP contribution in [0, 0.1) is 10.1 Å². The Morgan fingerprint density at radius 2 is 1.64 bits per heavy atom. The second-order valence-corrected chi connectivity index (χ2v) is 5.02. The molecule has 1 heterocycles. The molecule has 0 unspecified atom stereocenters. The fraction of sp³-hybridized carbons (Fsp3) is 0. The summed E-state index contributed by atoms with van der Waals surface area (Å²) in [6, 6.07) is 15.6. The van der Waals surface area contributed by atoms with Crippen LogP contribution in [0.3, 0.4) is 0 Å². The molecule has 3 aromatic rings. The average molecular weight is 339 g/mol. The van der Waals surface area contributed by atoms with Gasteiger partial charge in [-0.05, 0) is 18.2 Å². The van der Waals surface area contributed by atoms with E-state index >= 15 is 0 Å². The predicted molar refractivity (Wildman–Crippen MR) is 93.0 cm³/mol. The van der Waals surface area contributed by atoms with Gasteiger partial charge in [0, 0.05) is 12.1 Å². The SMILES string of the molecule is O=c1cc(NNc2ccccc2[N+](=O)[O-])[nH]c(=O)n1-c1ccccc1. The Bertz CT molecular complexity index is 995. The number of H-pyrrole nitrogens is 1. The van der Waals surface area contributed by atoms with Gasteiger partial charge in [0.1, 0.15) is 11.5 Å². The summed E-state index contributed by atoms with van der Waals surface area (Å²) in [6.07, 6.45) is 0. The molecule has 9 heteroatoms. The number of benzene rings is 2. The minimum Gasteiger partial charge on any atom is -0.293 e. The highest BCUT2D eigenvalue weighted by atomic mass is 16.6. The highest BCUT2D eigenvalue weighted by Gasteiger charge is 2.12. The van der Waals surface area contributed by atoms with Gasteiger partial charge < -0.3 is 0 Å². The largest absolute Gasteiger partial charge is 0.334 e. The molecule has 3 N–H and O–H groups in total. The van der Waals surface area contributed by atoms with Crippen LogP contribution in [-0.4, -0.2) is 14.5 Å². The molecule has 3 rings (SSSR count). The molecule has 25 heavy (non-hydrogen) atoms. The first-order valence-electron chi connectivity index (χ1n) is 7.23. The Morgan fingerprint density at radius 3 is 2.32 bits per heavy atom. The number of aromatic amines is 1. The molecule has 0 saturated carbocycles. The van der Waals surface area contributed by atoms with Crippen molar-refractivity contribution in [3.05, 3.63) is 91.6 Å². The molecule has 0 amide bonds. The predicted octanol–water partition coefficient (Wildman–Crippen LogP) is 1.87. The number of nitrogens with zero attached hydrogens (tertiary/aromatic N) is 2.